The van der Waals surface area contributed by atoms with Gasteiger partial charge in [-0.2, -0.15) is 0 Å². The van der Waals surface area contributed by atoms with Gasteiger partial charge in [0.05, 0.1) is 5.75 Å². The molecular weight excluding hydrogens is 344 g/mol. The number of benzene rings is 1. The summed E-state index contributed by atoms with van der Waals surface area (Å²) in [5.74, 6) is 1.69. The van der Waals surface area contributed by atoms with Gasteiger partial charge in [-0.15, -0.1) is 16.8 Å². The van der Waals surface area contributed by atoms with Gasteiger partial charge in [-0.05, 0) is 37.5 Å². The molecule has 1 amide bonds. The van der Waals surface area contributed by atoms with Crippen LogP contribution in [0.4, 0.5) is 5.69 Å². The number of nitrogens with one attached hydrogen (secondary N) is 1. The van der Waals surface area contributed by atoms with E-state index in [0.717, 1.165) is 35.1 Å². The maximum Gasteiger partial charge on any atom is 0.234 e. The molecule has 126 valence electrons. The third-order valence-corrected chi connectivity index (χ3v) is 5.01. The average Bonchev–Trinajstić information content (AvgIpc) is 3.32. The number of hydrogen-bond donors (Lipinski definition) is 1. The number of aromatic nitrogens is 3. The molecule has 1 heterocycles. The van der Waals surface area contributed by atoms with Crippen molar-refractivity contribution in [2.75, 3.05) is 11.1 Å². The van der Waals surface area contributed by atoms with Crippen LogP contribution in [0.2, 0.25) is 5.02 Å². The molecule has 0 aliphatic heterocycles. The SMILES string of the molecule is C=CCn1c(SCC(=O)Nc2cc(Cl)ccc2C)nnc1C1CC1. The van der Waals surface area contributed by atoms with Crippen molar-refractivity contribution in [1.29, 1.82) is 0 Å². The molecule has 3 rings (SSSR count). The van der Waals surface area contributed by atoms with E-state index in [1.165, 1.54) is 11.8 Å². The molecule has 1 aliphatic rings. The van der Waals surface area contributed by atoms with E-state index in [4.69, 9.17) is 11.6 Å². The number of halogens is 1. The van der Waals surface area contributed by atoms with Crippen LogP contribution in [0.15, 0.2) is 36.0 Å². The summed E-state index contributed by atoms with van der Waals surface area (Å²) in [5.41, 5.74) is 1.71. The standard InChI is InChI=1S/C17H19ClN4OS/c1-3-8-22-16(12-5-6-12)20-21-17(22)24-10-15(23)19-14-9-13(18)7-4-11(14)2/h3-4,7,9,12H,1,5-6,8,10H2,2H3,(H,19,23). The maximum absolute atomic E-state index is 12.2. The Balaban J connectivity index is 1.64. The summed E-state index contributed by atoms with van der Waals surface area (Å²) in [6.45, 7) is 6.38. The lowest BCUT2D eigenvalue weighted by Gasteiger charge is -2.09. The molecule has 1 aromatic carbocycles. The number of allylic oxidation sites excluding steroid dienone is 1. The van der Waals surface area contributed by atoms with Crippen molar-refractivity contribution in [2.24, 2.45) is 0 Å². The Morgan fingerprint density at radius 1 is 1.50 bits per heavy atom. The largest absolute Gasteiger partial charge is 0.325 e. The van der Waals surface area contributed by atoms with Crippen LogP contribution in [0.25, 0.3) is 0 Å². The summed E-state index contributed by atoms with van der Waals surface area (Å²) in [6, 6.07) is 5.44. The highest BCUT2D eigenvalue weighted by Crippen LogP contribution is 2.40. The smallest absolute Gasteiger partial charge is 0.234 e. The highest BCUT2D eigenvalue weighted by atomic mass is 35.5. The molecule has 1 aromatic heterocycles. The monoisotopic (exact) mass is 362 g/mol. The number of anilines is 1. The van der Waals surface area contributed by atoms with Gasteiger partial charge >= 0.3 is 0 Å². The van der Waals surface area contributed by atoms with Crippen LogP contribution in [-0.4, -0.2) is 26.4 Å². The van der Waals surface area contributed by atoms with Crippen LogP contribution in [0.5, 0.6) is 0 Å². The van der Waals surface area contributed by atoms with Crippen LogP contribution in [0.3, 0.4) is 0 Å². The van der Waals surface area contributed by atoms with Gasteiger partial charge in [0.25, 0.3) is 0 Å². The topological polar surface area (TPSA) is 59.8 Å². The van der Waals surface area contributed by atoms with Gasteiger partial charge in [0.15, 0.2) is 5.16 Å². The summed E-state index contributed by atoms with van der Waals surface area (Å²) in [7, 11) is 0. The minimum absolute atomic E-state index is 0.0912. The second kappa shape index (κ2) is 7.40. The van der Waals surface area contributed by atoms with Crippen molar-refractivity contribution in [3.8, 4) is 0 Å². The van der Waals surface area contributed by atoms with Gasteiger partial charge < -0.3 is 9.88 Å². The fourth-order valence-corrected chi connectivity index (χ4v) is 3.32. The summed E-state index contributed by atoms with van der Waals surface area (Å²) in [5, 5.41) is 12.8. The number of amides is 1. The van der Waals surface area contributed by atoms with Gasteiger partial charge in [-0.3, -0.25) is 4.79 Å². The zero-order valence-corrected chi connectivity index (χ0v) is 15.0. The molecule has 0 atom stereocenters. The Labute approximate surface area is 150 Å². The number of carbonyl (C=O) groups excluding carboxylic acids is 1. The average molecular weight is 363 g/mol. The summed E-state index contributed by atoms with van der Waals surface area (Å²) in [4.78, 5) is 12.2. The van der Waals surface area contributed by atoms with E-state index in [1.54, 1.807) is 12.1 Å². The highest BCUT2D eigenvalue weighted by molar-refractivity contribution is 7.99. The Morgan fingerprint density at radius 2 is 2.29 bits per heavy atom. The number of aryl methyl sites for hydroxylation is 1. The van der Waals surface area contributed by atoms with Gasteiger partial charge in [-0.25, -0.2) is 0 Å². The van der Waals surface area contributed by atoms with E-state index >= 15 is 0 Å². The summed E-state index contributed by atoms with van der Waals surface area (Å²) in [6.07, 6.45) is 4.15. The molecule has 1 aliphatic carbocycles. The van der Waals surface area contributed by atoms with Gasteiger partial charge in [0.2, 0.25) is 5.91 Å². The molecular formula is C17H19ClN4OS. The van der Waals surface area contributed by atoms with Crippen LogP contribution >= 0.6 is 23.4 Å². The highest BCUT2D eigenvalue weighted by Gasteiger charge is 2.30. The Kier molecular flexibility index (Phi) is 5.26. The van der Waals surface area contributed by atoms with Gasteiger partial charge in [0.1, 0.15) is 5.82 Å². The fraction of sp³-hybridized carbons (Fsp3) is 0.353. The third-order valence-electron chi connectivity index (χ3n) is 3.81. The predicted molar refractivity (Wildman–Crippen MR) is 97.7 cm³/mol. The fourth-order valence-electron chi connectivity index (χ4n) is 2.40. The lowest BCUT2D eigenvalue weighted by molar-refractivity contribution is -0.113. The zero-order chi connectivity index (χ0) is 17.1. The molecule has 0 radical (unpaired) electrons. The van der Waals surface area contributed by atoms with E-state index in [1.807, 2.05) is 23.6 Å². The first-order valence-corrected chi connectivity index (χ1v) is 9.17. The van der Waals surface area contributed by atoms with Crippen LogP contribution in [0.1, 0.15) is 30.1 Å². The Morgan fingerprint density at radius 3 is 3.00 bits per heavy atom. The lowest BCUT2D eigenvalue weighted by atomic mass is 10.2. The summed E-state index contributed by atoms with van der Waals surface area (Å²) < 4.78 is 2.05. The molecule has 2 aromatic rings. The maximum atomic E-state index is 12.2. The number of rotatable bonds is 7. The van der Waals surface area contributed by atoms with Crippen molar-refractivity contribution in [1.82, 2.24) is 14.8 Å². The molecule has 0 bridgehead atoms. The molecule has 7 heteroatoms. The van der Waals surface area contributed by atoms with Crippen molar-refractivity contribution < 1.29 is 4.79 Å². The first kappa shape index (κ1) is 17.0. The van der Waals surface area contributed by atoms with Crippen molar-refractivity contribution in [3.63, 3.8) is 0 Å². The quantitative estimate of drug-likeness (QED) is 0.596. The second-order valence-corrected chi connectivity index (χ2v) is 7.19. The third kappa shape index (κ3) is 3.99. The molecule has 0 unspecified atom stereocenters. The molecule has 0 saturated heterocycles. The molecule has 5 nitrogen and oxygen atoms in total. The minimum atomic E-state index is -0.0912. The van der Waals surface area contributed by atoms with E-state index in [9.17, 15) is 4.79 Å². The predicted octanol–water partition coefficient (Wildman–Crippen LogP) is 4.03. The lowest BCUT2D eigenvalue weighted by Crippen LogP contribution is -2.15. The Hall–Kier alpha value is -1.79. The van der Waals surface area contributed by atoms with Crippen LogP contribution in [-0.2, 0) is 11.3 Å². The summed E-state index contributed by atoms with van der Waals surface area (Å²) >= 11 is 7.37. The molecule has 0 spiro atoms. The van der Waals surface area contributed by atoms with Crippen molar-refractivity contribution in [3.05, 3.63) is 47.3 Å². The normalized spacial score (nSPS) is 13.8. The molecule has 1 N–H and O–H groups in total. The van der Waals surface area contributed by atoms with E-state index in [-0.39, 0.29) is 11.7 Å². The second-order valence-electron chi connectivity index (χ2n) is 5.81. The first-order chi connectivity index (χ1) is 11.6. The van der Waals surface area contributed by atoms with E-state index < -0.39 is 0 Å². The number of carbonyl (C=O) groups is 1. The van der Waals surface area contributed by atoms with Crippen molar-refractivity contribution in [2.45, 2.75) is 37.4 Å². The zero-order valence-electron chi connectivity index (χ0n) is 13.5. The van der Waals surface area contributed by atoms with Crippen LogP contribution < -0.4 is 5.32 Å². The van der Waals surface area contributed by atoms with Gasteiger partial charge in [0, 0.05) is 23.2 Å². The minimum Gasteiger partial charge on any atom is -0.325 e. The number of hydrogen-bond acceptors (Lipinski definition) is 4. The number of nitrogens with zero attached hydrogens (tertiary/aromatic N) is 3. The first-order valence-electron chi connectivity index (χ1n) is 7.81. The molecule has 24 heavy (non-hydrogen) atoms. The van der Waals surface area contributed by atoms with E-state index in [0.29, 0.717) is 17.5 Å². The van der Waals surface area contributed by atoms with Crippen molar-refractivity contribution >= 4 is 35.0 Å². The number of thioether (sulfide) groups is 1. The Bertz CT molecular complexity index is 770. The van der Waals surface area contributed by atoms with Gasteiger partial charge in [-0.1, -0.05) is 35.5 Å². The molecule has 1 fully saturated rings. The van der Waals surface area contributed by atoms with E-state index in [2.05, 4.69) is 22.1 Å². The van der Waals surface area contributed by atoms with Crippen LogP contribution in [0, 0.1) is 6.92 Å². The molecule has 1 saturated carbocycles.